The molecular weight excluding hydrogens is 426 g/mol. The van der Waals surface area contributed by atoms with Crippen molar-refractivity contribution < 1.29 is 13.2 Å². The van der Waals surface area contributed by atoms with E-state index in [1.54, 1.807) is 60.4 Å². The van der Waals surface area contributed by atoms with Crippen LogP contribution in [-0.2, 0) is 28.2 Å². The van der Waals surface area contributed by atoms with E-state index in [-0.39, 0.29) is 21.7 Å². The molecule has 0 aliphatic carbocycles. The topological polar surface area (TPSA) is 105 Å². The van der Waals surface area contributed by atoms with Crippen molar-refractivity contribution in [3.05, 3.63) is 54.2 Å². The molecule has 0 spiro atoms. The molecule has 2 aliphatic heterocycles. The van der Waals surface area contributed by atoms with Crippen LogP contribution in [0.3, 0.4) is 0 Å². The van der Waals surface area contributed by atoms with Gasteiger partial charge >= 0.3 is 0 Å². The second-order valence-electron chi connectivity index (χ2n) is 8.67. The van der Waals surface area contributed by atoms with Gasteiger partial charge < -0.3 is 16.0 Å². The smallest absolute Gasteiger partial charge is 0.237 e. The predicted molar refractivity (Wildman–Crippen MR) is 121 cm³/mol. The fourth-order valence-corrected chi connectivity index (χ4v) is 6.01. The Morgan fingerprint density at radius 3 is 2.75 bits per heavy atom. The molecule has 0 saturated carbocycles. The number of carbonyl (C=O) groups excluding carboxylic acids is 1. The number of benzene rings is 2. The van der Waals surface area contributed by atoms with Crippen molar-refractivity contribution in [2.45, 2.75) is 41.3 Å². The number of carbonyl (C=O) groups is 1. The standard InChI is InChI=1S/C23H27N5O3S/c1-28-22-11-19(7-4-16(22)14-26-28)32(30,31)18-5-2-15(3-6-18)12-25-23(29)21-10-17-13-24-9-8-20(17)27-21/h2-7,11,14,17,20-21,24,27H,8-10,12-13H2,1H3,(H,25,29). The number of rotatable bonds is 5. The fourth-order valence-electron chi connectivity index (χ4n) is 4.73. The van der Waals surface area contributed by atoms with Crippen LogP contribution in [0.5, 0.6) is 0 Å². The minimum Gasteiger partial charge on any atom is -0.351 e. The van der Waals surface area contributed by atoms with E-state index in [0.717, 1.165) is 42.4 Å². The molecule has 3 aromatic rings. The highest BCUT2D eigenvalue weighted by atomic mass is 32.2. The largest absolute Gasteiger partial charge is 0.351 e. The van der Waals surface area contributed by atoms with E-state index in [4.69, 9.17) is 0 Å². The molecule has 5 rings (SSSR count). The van der Waals surface area contributed by atoms with Gasteiger partial charge in [-0.15, -0.1) is 0 Å². The van der Waals surface area contributed by atoms with Crippen LogP contribution in [0.15, 0.2) is 58.5 Å². The summed E-state index contributed by atoms with van der Waals surface area (Å²) in [6.45, 7) is 2.32. The summed E-state index contributed by atoms with van der Waals surface area (Å²) in [5.74, 6) is 0.509. The fraction of sp³-hybridized carbons (Fsp3) is 0.391. The lowest BCUT2D eigenvalue weighted by Crippen LogP contribution is -2.45. The molecule has 8 nitrogen and oxygen atoms in total. The highest BCUT2D eigenvalue weighted by molar-refractivity contribution is 7.91. The molecule has 1 aromatic heterocycles. The van der Waals surface area contributed by atoms with Crippen molar-refractivity contribution in [2.75, 3.05) is 13.1 Å². The van der Waals surface area contributed by atoms with Crippen LogP contribution in [0.25, 0.3) is 10.9 Å². The number of fused-ring (bicyclic) bond motifs is 2. The summed E-state index contributed by atoms with van der Waals surface area (Å²) >= 11 is 0. The third-order valence-electron chi connectivity index (χ3n) is 6.61. The highest BCUT2D eigenvalue weighted by Gasteiger charge is 2.38. The SMILES string of the molecule is Cn1ncc2ccc(S(=O)(=O)c3ccc(CNC(=O)C4CC5CNCCC5N4)cc3)cc21. The van der Waals surface area contributed by atoms with Crippen molar-refractivity contribution in [2.24, 2.45) is 13.0 Å². The van der Waals surface area contributed by atoms with E-state index < -0.39 is 9.84 Å². The number of aryl methyl sites for hydroxylation is 1. The number of amides is 1. The molecule has 32 heavy (non-hydrogen) atoms. The lowest BCUT2D eigenvalue weighted by atomic mass is 9.94. The molecule has 0 bridgehead atoms. The Hall–Kier alpha value is -2.75. The summed E-state index contributed by atoms with van der Waals surface area (Å²) in [5.41, 5.74) is 1.62. The Morgan fingerprint density at radius 1 is 1.19 bits per heavy atom. The maximum Gasteiger partial charge on any atom is 0.237 e. The maximum absolute atomic E-state index is 13.1. The molecule has 1 amide bonds. The number of sulfone groups is 1. The quantitative estimate of drug-likeness (QED) is 0.539. The monoisotopic (exact) mass is 453 g/mol. The molecule has 0 radical (unpaired) electrons. The van der Waals surface area contributed by atoms with Crippen molar-refractivity contribution in [3.63, 3.8) is 0 Å². The average molecular weight is 454 g/mol. The molecule has 2 saturated heterocycles. The first-order chi connectivity index (χ1) is 15.4. The zero-order valence-corrected chi connectivity index (χ0v) is 18.7. The van der Waals surface area contributed by atoms with E-state index in [9.17, 15) is 13.2 Å². The lowest BCUT2D eigenvalue weighted by molar-refractivity contribution is -0.123. The molecule has 3 atom stereocenters. The van der Waals surface area contributed by atoms with Gasteiger partial charge in [0.2, 0.25) is 15.7 Å². The van der Waals surface area contributed by atoms with Crippen molar-refractivity contribution in [3.8, 4) is 0 Å². The first-order valence-corrected chi connectivity index (χ1v) is 12.4. The van der Waals surface area contributed by atoms with Crippen molar-refractivity contribution >= 4 is 26.6 Å². The van der Waals surface area contributed by atoms with E-state index in [1.165, 1.54) is 0 Å². The lowest BCUT2D eigenvalue weighted by Gasteiger charge is -2.25. The normalized spacial score (nSPS) is 23.2. The van der Waals surface area contributed by atoms with Gasteiger partial charge in [0.25, 0.3) is 0 Å². The summed E-state index contributed by atoms with van der Waals surface area (Å²) in [6, 6.07) is 12.0. The predicted octanol–water partition coefficient (Wildman–Crippen LogP) is 1.36. The number of aromatic nitrogens is 2. The van der Waals surface area contributed by atoms with Gasteiger partial charge in [-0.1, -0.05) is 12.1 Å². The molecule has 9 heteroatoms. The van der Waals surface area contributed by atoms with Gasteiger partial charge in [0.05, 0.1) is 27.5 Å². The summed E-state index contributed by atoms with van der Waals surface area (Å²) in [5, 5.41) is 14.9. The van der Waals surface area contributed by atoms with Gasteiger partial charge in [0.1, 0.15) is 0 Å². The zero-order valence-electron chi connectivity index (χ0n) is 17.9. The van der Waals surface area contributed by atoms with Crippen molar-refractivity contribution in [1.29, 1.82) is 0 Å². The van der Waals surface area contributed by atoms with E-state index in [0.29, 0.717) is 18.5 Å². The number of nitrogens with zero attached hydrogens (tertiary/aromatic N) is 2. The van der Waals surface area contributed by atoms with Gasteiger partial charge in [-0.3, -0.25) is 9.48 Å². The minimum absolute atomic E-state index is 0.000535. The Morgan fingerprint density at radius 2 is 1.97 bits per heavy atom. The Balaban J connectivity index is 1.24. The summed E-state index contributed by atoms with van der Waals surface area (Å²) in [7, 11) is -1.86. The second kappa shape index (κ2) is 8.31. The number of nitrogens with one attached hydrogen (secondary N) is 3. The van der Waals surface area contributed by atoms with Gasteiger partial charge in [-0.2, -0.15) is 5.10 Å². The molecule has 2 fully saturated rings. The van der Waals surface area contributed by atoms with Crippen LogP contribution >= 0.6 is 0 Å². The zero-order chi connectivity index (χ0) is 22.3. The Kier molecular flexibility index (Phi) is 5.48. The highest BCUT2D eigenvalue weighted by Crippen LogP contribution is 2.26. The summed E-state index contributed by atoms with van der Waals surface area (Å²) < 4.78 is 27.8. The molecular formula is C23H27N5O3S. The first kappa shape index (κ1) is 21.1. The van der Waals surface area contributed by atoms with Gasteiger partial charge in [-0.25, -0.2) is 8.42 Å². The Labute approximate surface area is 187 Å². The molecule has 3 heterocycles. The molecule has 3 unspecified atom stereocenters. The van der Waals surface area contributed by atoms with Crippen LogP contribution in [0, 0.1) is 5.92 Å². The first-order valence-electron chi connectivity index (χ1n) is 10.9. The third kappa shape index (κ3) is 3.92. The molecule has 168 valence electrons. The number of hydrogen-bond acceptors (Lipinski definition) is 6. The van der Waals surface area contributed by atoms with Gasteiger partial charge in [0, 0.05) is 25.0 Å². The summed E-state index contributed by atoms with van der Waals surface area (Å²) in [4.78, 5) is 13.0. The second-order valence-corrected chi connectivity index (χ2v) is 10.6. The van der Waals surface area contributed by atoms with Crippen LogP contribution in [0.2, 0.25) is 0 Å². The average Bonchev–Trinajstić information content (AvgIpc) is 3.41. The van der Waals surface area contributed by atoms with Crippen LogP contribution in [0.4, 0.5) is 0 Å². The van der Waals surface area contributed by atoms with E-state index in [2.05, 4.69) is 21.0 Å². The summed E-state index contributed by atoms with van der Waals surface area (Å²) in [6.07, 6.45) is 3.61. The van der Waals surface area contributed by atoms with E-state index in [1.807, 2.05) is 0 Å². The van der Waals surface area contributed by atoms with Crippen LogP contribution in [-0.4, -0.2) is 49.3 Å². The van der Waals surface area contributed by atoms with Crippen LogP contribution in [0.1, 0.15) is 18.4 Å². The minimum atomic E-state index is -3.64. The molecule has 3 N–H and O–H groups in total. The number of piperidine rings is 1. The maximum atomic E-state index is 13.1. The Bertz CT molecular complexity index is 1240. The van der Waals surface area contributed by atoms with Crippen LogP contribution < -0.4 is 16.0 Å². The molecule has 2 aromatic carbocycles. The van der Waals surface area contributed by atoms with Gasteiger partial charge in [0.15, 0.2) is 0 Å². The number of hydrogen-bond donors (Lipinski definition) is 3. The molecule has 2 aliphatic rings. The van der Waals surface area contributed by atoms with Crippen molar-refractivity contribution in [1.82, 2.24) is 25.7 Å². The van der Waals surface area contributed by atoms with Gasteiger partial charge in [-0.05, 0) is 67.7 Å². The van der Waals surface area contributed by atoms with E-state index >= 15 is 0 Å². The third-order valence-corrected chi connectivity index (χ3v) is 8.38.